The Kier molecular flexibility index (Phi) is 6.21. The van der Waals surface area contributed by atoms with Crippen LogP contribution in [-0.2, 0) is 11.8 Å². The first-order chi connectivity index (χ1) is 8.58. The molecule has 2 N–H and O–H groups in total. The number of hydrogen-bond donors (Lipinski definition) is 2. The fraction of sp³-hybridized carbons (Fsp3) is 0.667. The Balaban J connectivity index is 2.03. The van der Waals surface area contributed by atoms with E-state index in [0.717, 1.165) is 13.0 Å². The first-order valence-corrected chi connectivity index (χ1v) is 6.20. The van der Waals surface area contributed by atoms with E-state index >= 15 is 0 Å². The molecule has 0 bridgehead atoms. The summed E-state index contributed by atoms with van der Waals surface area (Å²) in [6.45, 7) is 6.25. The number of urea groups is 1. The summed E-state index contributed by atoms with van der Waals surface area (Å²) in [5.41, 5.74) is 0. The van der Waals surface area contributed by atoms with E-state index in [2.05, 4.69) is 29.6 Å². The van der Waals surface area contributed by atoms with Crippen molar-refractivity contribution in [3.05, 3.63) is 12.3 Å². The topological polar surface area (TPSA) is 68.2 Å². The van der Waals surface area contributed by atoms with Crippen molar-refractivity contribution in [3.8, 4) is 0 Å². The van der Waals surface area contributed by atoms with Crippen LogP contribution in [-0.4, -0.2) is 35.6 Å². The third-order valence-electron chi connectivity index (χ3n) is 2.16. The first kappa shape index (κ1) is 14.5. The van der Waals surface area contributed by atoms with E-state index in [1.807, 2.05) is 0 Å². The van der Waals surface area contributed by atoms with Gasteiger partial charge in [-0.15, -0.1) is 0 Å². The summed E-state index contributed by atoms with van der Waals surface area (Å²) in [5, 5.41) is 9.45. The standard InChI is InChI=1S/C12H22N4O2/c1-10(2)9-18-8-4-6-13-12(17)14-11-5-7-16(3)15-11/h5,7,10H,4,6,8-9H2,1-3H3,(H2,13,14,15,17). The molecular weight excluding hydrogens is 232 g/mol. The van der Waals surface area contributed by atoms with Gasteiger partial charge in [0, 0.05) is 39.1 Å². The maximum absolute atomic E-state index is 11.5. The van der Waals surface area contributed by atoms with Gasteiger partial charge in [-0.1, -0.05) is 13.8 Å². The van der Waals surface area contributed by atoms with Crippen molar-refractivity contribution < 1.29 is 9.53 Å². The molecule has 0 aromatic carbocycles. The van der Waals surface area contributed by atoms with E-state index in [1.54, 1.807) is 24.0 Å². The van der Waals surface area contributed by atoms with Crippen LogP contribution >= 0.6 is 0 Å². The van der Waals surface area contributed by atoms with Crippen molar-refractivity contribution in [2.24, 2.45) is 13.0 Å². The molecule has 0 unspecified atom stereocenters. The number of aryl methyl sites for hydroxylation is 1. The third-order valence-corrected chi connectivity index (χ3v) is 2.16. The molecule has 1 aromatic rings. The van der Waals surface area contributed by atoms with E-state index < -0.39 is 0 Å². The number of aromatic nitrogens is 2. The minimum Gasteiger partial charge on any atom is -0.381 e. The molecule has 1 aromatic heterocycles. The van der Waals surface area contributed by atoms with Crippen molar-refractivity contribution in [2.45, 2.75) is 20.3 Å². The Morgan fingerprint density at radius 1 is 1.56 bits per heavy atom. The second-order valence-electron chi connectivity index (χ2n) is 4.58. The highest BCUT2D eigenvalue weighted by molar-refractivity contribution is 5.88. The predicted molar refractivity (Wildman–Crippen MR) is 70.5 cm³/mol. The molecule has 6 nitrogen and oxygen atoms in total. The van der Waals surface area contributed by atoms with Gasteiger partial charge in [-0.25, -0.2) is 4.79 Å². The lowest BCUT2D eigenvalue weighted by Gasteiger charge is -2.07. The predicted octanol–water partition coefficient (Wildman–Crippen LogP) is 1.60. The van der Waals surface area contributed by atoms with Crippen molar-refractivity contribution in [1.82, 2.24) is 15.1 Å². The Morgan fingerprint density at radius 2 is 2.33 bits per heavy atom. The van der Waals surface area contributed by atoms with Gasteiger partial charge in [0.15, 0.2) is 5.82 Å². The molecule has 0 atom stereocenters. The van der Waals surface area contributed by atoms with Crippen LogP contribution in [0.4, 0.5) is 10.6 Å². The zero-order chi connectivity index (χ0) is 13.4. The molecule has 6 heteroatoms. The summed E-state index contributed by atoms with van der Waals surface area (Å²) in [7, 11) is 1.80. The summed E-state index contributed by atoms with van der Waals surface area (Å²) < 4.78 is 7.05. The van der Waals surface area contributed by atoms with E-state index in [4.69, 9.17) is 4.74 Å². The Morgan fingerprint density at radius 3 is 2.94 bits per heavy atom. The lowest BCUT2D eigenvalue weighted by molar-refractivity contribution is 0.108. The van der Waals surface area contributed by atoms with Gasteiger partial charge in [-0.3, -0.25) is 10.00 Å². The van der Waals surface area contributed by atoms with Gasteiger partial charge in [-0.05, 0) is 12.3 Å². The van der Waals surface area contributed by atoms with Crippen LogP contribution in [0.25, 0.3) is 0 Å². The Labute approximate surface area is 108 Å². The molecule has 102 valence electrons. The van der Waals surface area contributed by atoms with Crippen LogP contribution in [0.5, 0.6) is 0 Å². The van der Waals surface area contributed by atoms with Crippen LogP contribution in [0.2, 0.25) is 0 Å². The van der Waals surface area contributed by atoms with Crippen molar-refractivity contribution >= 4 is 11.8 Å². The number of anilines is 1. The molecule has 0 radical (unpaired) electrons. The molecule has 2 amide bonds. The van der Waals surface area contributed by atoms with Gasteiger partial charge >= 0.3 is 6.03 Å². The summed E-state index contributed by atoms with van der Waals surface area (Å²) in [6.07, 6.45) is 2.58. The average molecular weight is 254 g/mol. The molecule has 0 aliphatic rings. The number of ether oxygens (including phenoxy) is 1. The number of hydrogen-bond acceptors (Lipinski definition) is 3. The molecule has 0 fully saturated rings. The summed E-state index contributed by atoms with van der Waals surface area (Å²) >= 11 is 0. The van der Waals surface area contributed by atoms with E-state index in [0.29, 0.717) is 24.9 Å². The van der Waals surface area contributed by atoms with Gasteiger partial charge in [0.05, 0.1) is 0 Å². The summed E-state index contributed by atoms with van der Waals surface area (Å²) in [5.74, 6) is 1.09. The molecular formula is C12H22N4O2. The number of amides is 2. The molecule has 0 aliphatic heterocycles. The highest BCUT2D eigenvalue weighted by atomic mass is 16.5. The Hall–Kier alpha value is -1.56. The Bertz CT molecular complexity index is 363. The van der Waals surface area contributed by atoms with E-state index in [9.17, 15) is 4.79 Å². The fourth-order valence-electron chi connectivity index (χ4n) is 1.34. The van der Waals surface area contributed by atoms with Gasteiger partial charge in [0.2, 0.25) is 0 Å². The number of nitrogens with one attached hydrogen (secondary N) is 2. The lowest BCUT2D eigenvalue weighted by Crippen LogP contribution is -2.30. The number of rotatable bonds is 7. The minimum absolute atomic E-state index is 0.238. The fourth-order valence-corrected chi connectivity index (χ4v) is 1.34. The van der Waals surface area contributed by atoms with Crippen LogP contribution in [0.1, 0.15) is 20.3 Å². The molecule has 18 heavy (non-hydrogen) atoms. The molecule has 0 spiro atoms. The molecule has 0 aliphatic carbocycles. The van der Waals surface area contributed by atoms with Gasteiger partial charge in [-0.2, -0.15) is 5.10 Å². The second kappa shape index (κ2) is 7.71. The van der Waals surface area contributed by atoms with Crippen molar-refractivity contribution in [3.63, 3.8) is 0 Å². The second-order valence-corrected chi connectivity index (χ2v) is 4.58. The molecule has 0 saturated heterocycles. The van der Waals surface area contributed by atoms with Crippen molar-refractivity contribution in [2.75, 3.05) is 25.1 Å². The molecule has 1 rings (SSSR count). The SMILES string of the molecule is CC(C)COCCCNC(=O)Nc1ccn(C)n1. The van der Waals surface area contributed by atoms with E-state index in [-0.39, 0.29) is 6.03 Å². The monoisotopic (exact) mass is 254 g/mol. The minimum atomic E-state index is -0.238. The molecule has 0 saturated carbocycles. The first-order valence-electron chi connectivity index (χ1n) is 6.20. The number of carbonyl (C=O) groups is 1. The smallest absolute Gasteiger partial charge is 0.320 e. The molecule has 1 heterocycles. The highest BCUT2D eigenvalue weighted by Crippen LogP contribution is 1.99. The number of nitrogens with zero attached hydrogens (tertiary/aromatic N) is 2. The van der Waals surface area contributed by atoms with Crippen molar-refractivity contribution in [1.29, 1.82) is 0 Å². The lowest BCUT2D eigenvalue weighted by atomic mass is 10.2. The summed E-state index contributed by atoms with van der Waals surface area (Å²) in [4.78, 5) is 11.5. The van der Waals surface area contributed by atoms with Crippen LogP contribution in [0.15, 0.2) is 12.3 Å². The highest BCUT2D eigenvalue weighted by Gasteiger charge is 2.02. The van der Waals surface area contributed by atoms with Gasteiger partial charge < -0.3 is 10.1 Å². The van der Waals surface area contributed by atoms with Crippen LogP contribution in [0, 0.1) is 5.92 Å². The third kappa shape index (κ3) is 6.24. The average Bonchev–Trinajstić information content (AvgIpc) is 2.68. The number of carbonyl (C=O) groups excluding carboxylic acids is 1. The quantitative estimate of drug-likeness (QED) is 0.726. The summed E-state index contributed by atoms with van der Waals surface area (Å²) in [6, 6.07) is 1.50. The zero-order valence-corrected chi connectivity index (χ0v) is 11.3. The largest absolute Gasteiger partial charge is 0.381 e. The van der Waals surface area contributed by atoms with Crippen LogP contribution < -0.4 is 10.6 Å². The van der Waals surface area contributed by atoms with Gasteiger partial charge in [0.1, 0.15) is 0 Å². The van der Waals surface area contributed by atoms with Crippen LogP contribution in [0.3, 0.4) is 0 Å². The zero-order valence-electron chi connectivity index (χ0n) is 11.3. The maximum Gasteiger partial charge on any atom is 0.320 e. The van der Waals surface area contributed by atoms with E-state index in [1.165, 1.54) is 0 Å². The maximum atomic E-state index is 11.5. The van der Waals surface area contributed by atoms with Gasteiger partial charge in [0.25, 0.3) is 0 Å². The normalized spacial score (nSPS) is 10.7.